The third-order valence-corrected chi connectivity index (χ3v) is 3.44. The van der Waals surface area contributed by atoms with Crippen LogP contribution in [0.1, 0.15) is 26.3 Å². The van der Waals surface area contributed by atoms with Crippen molar-refractivity contribution in [3.05, 3.63) is 48.0 Å². The number of hydrogen-bond acceptors (Lipinski definition) is 4. The fraction of sp³-hybridized carbons (Fsp3) is 0.333. The molecule has 0 aliphatic rings. The summed E-state index contributed by atoms with van der Waals surface area (Å²) in [7, 11) is 0. The van der Waals surface area contributed by atoms with Gasteiger partial charge in [0, 0.05) is 6.42 Å². The van der Waals surface area contributed by atoms with E-state index in [0.29, 0.717) is 5.56 Å². The fourth-order valence-electron chi connectivity index (χ4n) is 2.27. The van der Waals surface area contributed by atoms with Crippen molar-refractivity contribution >= 4 is 22.7 Å². The van der Waals surface area contributed by atoms with Gasteiger partial charge in [-0.05, 0) is 37.1 Å². The Bertz CT molecular complexity index is 748. The molecular weight excluding hydrogens is 294 g/mol. The lowest BCUT2D eigenvalue weighted by Crippen LogP contribution is -2.58. The molecule has 2 aromatic rings. The number of carboxylic acid groups (broad SMARTS) is 1. The quantitative estimate of drug-likeness (QED) is 0.668. The highest BCUT2D eigenvalue weighted by molar-refractivity contribution is 6.04. The molecule has 0 saturated carbocycles. The molecule has 0 aromatic heterocycles. The van der Waals surface area contributed by atoms with Crippen LogP contribution >= 0.6 is 0 Å². The van der Waals surface area contributed by atoms with Crippen molar-refractivity contribution in [1.82, 2.24) is 0 Å². The molecule has 0 fully saturated rings. The van der Waals surface area contributed by atoms with E-state index in [-0.39, 0.29) is 6.42 Å². The van der Waals surface area contributed by atoms with Gasteiger partial charge in [0.1, 0.15) is 5.60 Å². The highest BCUT2D eigenvalue weighted by atomic mass is 16.6. The number of carbonyl (C=O) groups excluding carboxylic acids is 1. The van der Waals surface area contributed by atoms with Crippen molar-refractivity contribution in [2.75, 3.05) is 0 Å². The number of carbonyl (C=O) groups is 2. The molecule has 0 radical (unpaired) electrons. The van der Waals surface area contributed by atoms with E-state index >= 15 is 0 Å². The van der Waals surface area contributed by atoms with Gasteiger partial charge < -0.3 is 15.6 Å². The van der Waals surface area contributed by atoms with Crippen molar-refractivity contribution in [2.24, 2.45) is 5.73 Å². The largest absolute Gasteiger partial charge is 0.479 e. The Labute approximate surface area is 135 Å². The third kappa shape index (κ3) is 3.87. The van der Waals surface area contributed by atoms with Crippen molar-refractivity contribution in [3.8, 4) is 0 Å². The molecule has 5 heteroatoms. The minimum atomic E-state index is -2.12. The van der Waals surface area contributed by atoms with E-state index in [4.69, 9.17) is 10.5 Å². The monoisotopic (exact) mass is 315 g/mol. The van der Waals surface area contributed by atoms with E-state index in [9.17, 15) is 14.7 Å². The Hall–Kier alpha value is -2.40. The predicted octanol–water partition coefficient (Wildman–Crippen LogP) is 2.51. The van der Waals surface area contributed by atoms with Crippen LogP contribution < -0.4 is 5.73 Å². The van der Waals surface area contributed by atoms with Crippen LogP contribution in [0.5, 0.6) is 0 Å². The van der Waals surface area contributed by atoms with Crippen molar-refractivity contribution < 1.29 is 19.4 Å². The van der Waals surface area contributed by atoms with Crippen LogP contribution in [0.2, 0.25) is 0 Å². The minimum Gasteiger partial charge on any atom is -0.479 e. The summed E-state index contributed by atoms with van der Waals surface area (Å²) in [5.41, 5.74) is 3.64. The van der Waals surface area contributed by atoms with Gasteiger partial charge in [-0.15, -0.1) is 0 Å². The van der Waals surface area contributed by atoms with Crippen molar-refractivity contribution in [1.29, 1.82) is 0 Å². The molecule has 0 heterocycles. The zero-order valence-corrected chi connectivity index (χ0v) is 13.5. The Balaban J connectivity index is 2.33. The standard InChI is InChI=1S/C18H21NO4/c1-17(2,3)23-16(22)18(19,15(20)21)11-12-8-9-13-6-4-5-7-14(13)10-12/h4-10H,11,19H2,1-3H3,(H,20,21)/t18-/m1/s1. The summed E-state index contributed by atoms with van der Waals surface area (Å²) in [6.07, 6.45) is -0.137. The predicted molar refractivity (Wildman–Crippen MR) is 88.1 cm³/mol. The Morgan fingerprint density at radius 2 is 1.70 bits per heavy atom. The van der Waals surface area contributed by atoms with E-state index < -0.39 is 23.1 Å². The molecule has 0 aliphatic heterocycles. The van der Waals surface area contributed by atoms with Gasteiger partial charge in [0.25, 0.3) is 0 Å². The number of ether oxygens (including phenoxy) is 1. The van der Waals surface area contributed by atoms with Gasteiger partial charge in [0.2, 0.25) is 5.54 Å². The zero-order valence-electron chi connectivity index (χ0n) is 13.5. The highest BCUT2D eigenvalue weighted by Gasteiger charge is 2.45. The molecule has 2 aromatic carbocycles. The van der Waals surface area contributed by atoms with Crippen LogP contribution in [-0.4, -0.2) is 28.2 Å². The van der Waals surface area contributed by atoms with Crippen molar-refractivity contribution in [2.45, 2.75) is 38.3 Å². The molecule has 122 valence electrons. The van der Waals surface area contributed by atoms with Gasteiger partial charge in [-0.3, -0.25) is 0 Å². The molecule has 0 amide bonds. The molecule has 1 atom stereocenters. The number of aliphatic carboxylic acids is 1. The summed E-state index contributed by atoms with van der Waals surface area (Å²) >= 11 is 0. The summed E-state index contributed by atoms with van der Waals surface area (Å²) in [5, 5.41) is 11.4. The second kappa shape index (κ2) is 6.01. The van der Waals surface area contributed by atoms with Gasteiger partial charge in [-0.25, -0.2) is 9.59 Å². The van der Waals surface area contributed by atoms with Crippen LogP contribution in [0.4, 0.5) is 0 Å². The molecule has 5 nitrogen and oxygen atoms in total. The maximum absolute atomic E-state index is 12.3. The number of nitrogens with two attached hydrogens (primary N) is 1. The number of carboxylic acids is 1. The average Bonchev–Trinajstić information content (AvgIpc) is 2.45. The van der Waals surface area contributed by atoms with Gasteiger partial charge in [0.05, 0.1) is 0 Å². The van der Waals surface area contributed by atoms with Crippen LogP contribution in [-0.2, 0) is 20.7 Å². The molecule has 23 heavy (non-hydrogen) atoms. The SMILES string of the molecule is CC(C)(C)OC(=O)[C@@](N)(Cc1ccc2ccccc2c1)C(=O)O. The van der Waals surface area contributed by atoms with E-state index in [0.717, 1.165) is 10.8 Å². The summed E-state index contributed by atoms with van der Waals surface area (Å²) in [6.45, 7) is 5.01. The maximum atomic E-state index is 12.3. The van der Waals surface area contributed by atoms with E-state index in [2.05, 4.69) is 0 Å². The first-order chi connectivity index (χ1) is 10.6. The molecular formula is C18H21NO4. The van der Waals surface area contributed by atoms with Gasteiger partial charge in [0.15, 0.2) is 0 Å². The number of esters is 1. The van der Waals surface area contributed by atoms with Gasteiger partial charge in [-0.2, -0.15) is 0 Å². The summed E-state index contributed by atoms with van der Waals surface area (Å²) in [5.74, 6) is -2.34. The number of rotatable bonds is 4. The lowest BCUT2D eigenvalue weighted by Gasteiger charge is -2.28. The summed E-state index contributed by atoms with van der Waals surface area (Å²) < 4.78 is 5.18. The Morgan fingerprint density at radius 1 is 1.09 bits per heavy atom. The smallest absolute Gasteiger partial charge is 0.338 e. The van der Waals surface area contributed by atoms with Crippen LogP contribution in [0, 0.1) is 0 Å². The first kappa shape index (κ1) is 17.0. The van der Waals surface area contributed by atoms with Crippen molar-refractivity contribution in [3.63, 3.8) is 0 Å². The van der Waals surface area contributed by atoms with Crippen LogP contribution in [0.15, 0.2) is 42.5 Å². The molecule has 2 rings (SSSR count). The van der Waals surface area contributed by atoms with Crippen LogP contribution in [0.3, 0.4) is 0 Å². The summed E-state index contributed by atoms with van der Waals surface area (Å²) in [6, 6.07) is 13.2. The van der Waals surface area contributed by atoms with E-state index in [1.807, 2.05) is 36.4 Å². The molecule has 0 bridgehead atoms. The van der Waals surface area contributed by atoms with E-state index in [1.54, 1.807) is 26.8 Å². The number of benzene rings is 2. The normalized spacial score (nSPS) is 14.3. The number of hydrogen-bond donors (Lipinski definition) is 2. The molecule has 0 spiro atoms. The topological polar surface area (TPSA) is 89.6 Å². The average molecular weight is 315 g/mol. The molecule has 3 N–H and O–H groups in total. The van der Waals surface area contributed by atoms with E-state index in [1.165, 1.54) is 0 Å². The lowest BCUT2D eigenvalue weighted by atomic mass is 9.90. The summed E-state index contributed by atoms with van der Waals surface area (Å²) in [4.78, 5) is 23.9. The Morgan fingerprint density at radius 3 is 2.26 bits per heavy atom. The number of fused-ring (bicyclic) bond motifs is 1. The second-order valence-corrected chi connectivity index (χ2v) is 6.64. The first-order valence-electron chi connectivity index (χ1n) is 7.35. The van der Waals surface area contributed by atoms with Crippen LogP contribution in [0.25, 0.3) is 10.8 Å². The third-order valence-electron chi connectivity index (χ3n) is 3.44. The minimum absolute atomic E-state index is 0.137. The lowest BCUT2D eigenvalue weighted by molar-refractivity contribution is -0.169. The zero-order chi connectivity index (χ0) is 17.3. The Kier molecular flexibility index (Phi) is 4.43. The molecule has 0 aliphatic carbocycles. The van der Waals surface area contributed by atoms with Gasteiger partial charge in [-0.1, -0.05) is 42.5 Å². The first-order valence-corrected chi connectivity index (χ1v) is 7.35. The maximum Gasteiger partial charge on any atom is 0.338 e. The molecule has 0 unspecified atom stereocenters. The van der Waals surface area contributed by atoms with Gasteiger partial charge >= 0.3 is 11.9 Å². The second-order valence-electron chi connectivity index (χ2n) is 6.64. The fourth-order valence-corrected chi connectivity index (χ4v) is 2.27. The molecule has 0 saturated heterocycles. The highest BCUT2D eigenvalue weighted by Crippen LogP contribution is 2.21.